The Labute approximate surface area is 305 Å². The molecule has 6 aliphatic rings. The molecule has 11 nitrogen and oxygen atoms in total. The molecule has 0 radical (unpaired) electrons. The number of fused-ring (bicyclic) bond motifs is 9. The van der Waals surface area contributed by atoms with Crippen LogP contribution in [0.4, 0.5) is 4.79 Å². The van der Waals surface area contributed by atoms with Crippen LogP contribution in [0, 0.1) is 11.8 Å². The fourth-order valence-electron chi connectivity index (χ4n) is 9.87. The van der Waals surface area contributed by atoms with Crippen LogP contribution in [0.1, 0.15) is 105 Å². The molecule has 12 heteroatoms. The Kier molecular flexibility index (Phi) is 7.61. The molecule has 3 aromatic rings. The topological polar surface area (TPSA) is 127 Å². The lowest BCUT2D eigenvalue weighted by atomic mass is 9.80. The van der Waals surface area contributed by atoms with E-state index >= 15 is 4.79 Å². The number of aromatic nitrogens is 1. The number of nitrogens with zero attached hydrogens (tertiary/aromatic N) is 3. The lowest BCUT2D eigenvalue weighted by molar-refractivity contribution is -0.135. The lowest BCUT2D eigenvalue weighted by Crippen LogP contribution is -2.45. The van der Waals surface area contributed by atoms with Gasteiger partial charge in [0, 0.05) is 60.4 Å². The molecule has 0 bridgehead atoms. The SMILES string of the molecule is COc1ccc2c(c1)C1CC1(C(=O)N1CC3CN(C(=O)OC(C)(C)C)CC3C1)n1c-2c(C2CCCCC2)c2ccc(C(=O)NS(=O)(=O)C3CC3)cc21. The van der Waals surface area contributed by atoms with Crippen molar-refractivity contribution in [2.75, 3.05) is 33.3 Å². The zero-order valence-electron chi connectivity index (χ0n) is 30.4. The van der Waals surface area contributed by atoms with Crippen LogP contribution in [0.15, 0.2) is 36.4 Å². The lowest BCUT2D eigenvalue weighted by Gasteiger charge is -2.34. The summed E-state index contributed by atoms with van der Waals surface area (Å²) in [6.07, 6.45) is 7.01. The maximum absolute atomic E-state index is 15.3. The van der Waals surface area contributed by atoms with Gasteiger partial charge in [-0.15, -0.1) is 0 Å². The summed E-state index contributed by atoms with van der Waals surface area (Å²) in [6.45, 7) is 7.87. The van der Waals surface area contributed by atoms with Crippen molar-refractivity contribution < 1.29 is 32.3 Å². The number of hydrogen-bond acceptors (Lipinski definition) is 7. The van der Waals surface area contributed by atoms with E-state index in [9.17, 15) is 18.0 Å². The minimum atomic E-state index is -3.74. The number of rotatable bonds is 6. The van der Waals surface area contributed by atoms with Crippen molar-refractivity contribution in [2.45, 2.75) is 100 Å². The maximum Gasteiger partial charge on any atom is 0.410 e. The third-order valence-electron chi connectivity index (χ3n) is 12.5. The van der Waals surface area contributed by atoms with Crippen LogP contribution in [0.3, 0.4) is 0 Å². The molecule has 3 saturated carbocycles. The summed E-state index contributed by atoms with van der Waals surface area (Å²) in [5.41, 5.74) is 4.09. The summed E-state index contributed by atoms with van der Waals surface area (Å²) in [4.78, 5) is 45.5. The smallest absolute Gasteiger partial charge is 0.410 e. The summed E-state index contributed by atoms with van der Waals surface area (Å²) >= 11 is 0. The van der Waals surface area contributed by atoms with Crippen LogP contribution >= 0.6 is 0 Å². The van der Waals surface area contributed by atoms with E-state index in [1.807, 2.05) is 43.9 Å². The predicted octanol–water partition coefficient (Wildman–Crippen LogP) is 6.11. The highest BCUT2D eigenvalue weighted by atomic mass is 32.2. The van der Waals surface area contributed by atoms with Crippen LogP contribution < -0.4 is 9.46 Å². The van der Waals surface area contributed by atoms with E-state index in [0.717, 1.165) is 59.2 Å². The van der Waals surface area contributed by atoms with Gasteiger partial charge in [-0.05, 0) is 100 Å². The summed E-state index contributed by atoms with van der Waals surface area (Å²) in [5.74, 6) is 0.739. The molecule has 3 amide bonds. The van der Waals surface area contributed by atoms with E-state index in [-0.39, 0.29) is 35.3 Å². The fraction of sp³-hybridized carbons (Fsp3) is 0.575. The van der Waals surface area contributed by atoms with Crippen LogP contribution in [-0.2, 0) is 25.1 Å². The molecule has 0 spiro atoms. The molecule has 3 aliphatic heterocycles. The van der Waals surface area contributed by atoms with Gasteiger partial charge in [0.05, 0.1) is 23.6 Å². The molecule has 9 rings (SSSR count). The first-order chi connectivity index (χ1) is 24.8. The van der Waals surface area contributed by atoms with Gasteiger partial charge in [0.1, 0.15) is 16.9 Å². The van der Waals surface area contributed by atoms with Crippen LogP contribution in [0.5, 0.6) is 5.75 Å². The van der Waals surface area contributed by atoms with Gasteiger partial charge < -0.3 is 23.8 Å². The number of nitrogens with one attached hydrogen (secondary N) is 1. The first kappa shape index (κ1) is 33.8. The number of methoxy groups -OCH3 is 1. The molecule has 4 heterocycles. The highest BCUT2D eigenvalue weighted by Gasteiger charge is 2.68. The Morgan fingerprint density at radius 1 is 0.885 bits per heavy atom. The number of ether oxygens (including phenoxy) is 2. The molecule has 3 aliphatic carbocycles. The first-order valence-corrected chi connectivity index (χ1v) is 20.5. The van der Waals surface area contributed by atoms with Crippen molar-refractivity contribution in [3.8, 4) is 17.0 Å². The molecule has 4 atom stereocenters. The van der Waals surface area contributed by atoms with Crippen molar-refractivity contribution in [3.63, 3.8) is 0 Å². The second-order valence-electron chi connectivity index (χ2n) is 17.1. The third kappa shape index (κ3) is 5.33. The van der Waals surface area contributed by atoms with E-state index in [1.165, 1.54) is 12.0 Å². The Morgan fingerprint density at radius 2 is 1.58 bits per heavy atom. The van der Waals surface area contributed by atoms with Crippen molar-refractivity contribution in [1.82, 2.24) is 19.1 Å². The number of hydrogen-bond donors (Lipinski definition) is 1. The Balaban J connectivity index is 1.14. The number of carbonyl (C=O) groups is 3. The van der Waals surface area contributed by atoms with E-state index in [1.54, 1.807) is 18.1 Å². The fourth-order valence-corrected chi connectivity index (χ4v) is 11.2. The average Bonchev–Trinajstić information content (AvgIpc) is 3.99. The van der Waals surface area contributed by atoms with Gasteiger partial charge in [-0.3, -0.25) is 9.59 Å². The van der Waals surface area contributed by atoms with Gasteiger partial charge in [0.25, 0.3) is 5.91 Å². The molecular formula is C40H48N4O7S. The summed E-state index contributed by atoms with van der Waals surface area (Å²) in [7, 11) is -2.07. The number of sulfonamides is 1. The van der Waals surface area contributed by atoms with Crippen LogP contribution in [0.25, 0.3) is 22.2 Å². The molecule has 276 valence electrons. The van der Waals surface area contributed by atoms with Gasteiger partial charge in [0.15, 0.2) is 0 Å². The zero-order valence-corrected chi connectivity index (χ0v) is 31.3. The molecule has 5 fully saturated rings. The molecule has 4 unspecified atom stereocenters. The minimum absolute atomic E-state index is 0.0729. The largest absolute Gasteiger partial charge is 0.497 e. The molecule has 2 aromatic carbocycles. The van der Waals surface area contributed by atoms with E-state index in [4.69, 9.17) is 9.47 Å². The molecule has 52 heavy (non-hydrogen) atoms. The van der Waals surface area contributed by atoms with Gasteiger partial charge in [-0.25, -0.2) is 17.9 Å². The number of likely N-dealkylation sites (tertiary alicyclic amines) is 2. The number of amides is 3. The van der Waals surface area contributed by atoms with Gasteiger partial charge in [-0.1, -0.05) is 25.3 Å². The Hall–Kier alpha value is -4.06. The zero-order chi connectivity index (χ0) is 36.3. The molecule has 1 aromatic heterocycles. The average molecular weight is 729 g/mol. The quantitative estimate of drug-likeness (QED) is 0.325. The second kappa shape index (κ2) is 11.7. The standard InChI is InChI=1S/C40H48N4O7S/c1-39(2,3)51-38(47)43-21-25-19-42(20-26(25)22-43)37(46)40-18-32(40)31-17-27(50-4)11-15-29(31)35-34(23-8-6-5-7-9-23)30-14-10-24(16-33(30)44(35)40)36(45)41-52(48,49)28-12-13-28/h10-11,14-17,23,25-26,28,32H,5-9,12-13,18-22H2,1-4H3,(H,41,45). The van der Waals surface area contributed by atoms with Crippen LogP contribution in [-0.4, -0.2) is 84.8 Å². The second-order valence-corrected chi connectivity index (χ2v) is 19.1. The highest BCUT2D eigenvalue weighted by molar-refractivity contribution is 7.91. The van der Waals surface area contributed by atoms with Gasteiger partial charge >= 0.3 is 6.09 Å². The normalized spacial score (nSPS) is 26.7. The van der Waals surface area contributed by atoms with Gasteiger partial charge in [0.2, 0.25) is 15.9 Å². The number of benzene rings is 2. The van der Waals surface area contributed by atoms with Crippen molar-refractivity contribution in [1.29, 1.82) is 0 Å². The summed E-state index contributed by atoms with van der Waals surface area (Å²) < 4.78 is 41.5. The van der Waals surface area contributed by atoms with Crippen molar-refractivity contribution >= 4 is 38.8 Å². The molecular weight excluding hydrogens is 681 g/mol. The van der Waals surface area contributed by atoms with E-state index in [0.29, 0.717) is 51.4 Å². The van der Waals surface area contributed by atoms with Crippen LogP contribution in [0.2, 0.25) is 0 Å². The summed E-state index contributed by atoms with van der Waals surface area (Å²) in [6, 6.07) is 11.7. The van der Waals surface area contributed by atoms with Crippen molar-refractivity contribution in [2.24, 2.45) is 11.8 Å². The third-order valence-corrected chi connectivity index (χ3v) is 14.3. The Bertz CT molecular complexity index is 2110. The van der Waals surface area contributed by atoms with Crippen molar-refractivity contribution in [3.05, 3.63) is 53.1 Å². The van der Waals surface area contributed by atoms with Gasteiger partial charge in [-0.2, -0.15) is 0 Å². The highest BCUT2D eigenvalue weighted by Crippen LogP contribution is 2.67. The maximum atomic E-state index is 15.3. The summed E-state index contributed by atoms with van der Waals surface area (Å²) in [5, 5.41) is 0.508. The minimum Gasteiger partial charge on any atom is -0.497 e. The first-order valence-electron chi connectivity index (χ1n) is 19.0. The van der Waals surface area contributed by atoms with E-state index in [2.05, 4.69) is 21.4 Å². The molecule has 1 N–H and O–H groups in total. The number of carbonyl (C=O) groups excluding carboxylic acids is 3. The van der Waals surface area contributed by atoms with E-state index < -0.39 is 32.3 Å². The molecule has 2 saturated heterocycles. The predicted molar refractivity (Wildman–Crippen MR) is 196 cm³/mol. The monoisotopic (exact) mass is 728 g/mol. The Morgan fingerprint density at radius 3 is 2.23 bits per heavy atom.